The fourth-order valence-corrected chi connectivity index (χ4v) is 2.34. The van der Waals surface area contributed by atoms with Gasteiger partial charge in [-0.1, -0.05) is 24.3 Å². The van der Waals surface area contributed by atoms with Gasteiger partial charge in [-0.2, -0.15) is 0 Å². The van der Waals surface area contributed by atoms with Crippen molar-refractivity contribution in [2.75, 3.05) is 5.32 Å². The minimum absolute atomic E-state index is 0.0638. The Balaban J connectivity index is 2.17. The molecule has 0 radical (unpaired) electrons. The number of nitrogens with zero attached hydrogens (tertiary/aromatic N) is 1. The first kappa shape index (κ1) is 14.5. The van der Waals surface area contributed by atoms with Crippen LogP contribution in [0.15, 0.2) is 46.9 Å². The predicted molar refractivity (Wildman–Crippen MR) is 84.0 cm³/mol. The average molecular weight is 335 g/mol. The Morgan fingerprint density at radius 2 is 1.85 bits per heavy atom. The maximum absolute atomic E-state index is 10.6. The molecule has 104 valence electrons. The van der Waals surface area contributed by atoms with E-state index in [0.29, 0.717) is 0 Å². The molecule has 0 saturated carbocycles. The Morgan fingerprint density at radius 3 is 2.45 bits per heavy atom. The van der Waals surface area contributed by atoms with Crippen LogP contribution in [0, 0.1) is 17.0 Å². The molecular formula is C15H15BrN2O2. The summed E-state index contributed by atoms with van der Waals surface area (Å²) in [4.78, 5) is 10.2. The molecular weight excluding hydrogens is 320 g/mol. The molecule has 4 nitrogen and oxygen atoms in total. The first-order chi connectivity index (χ1) is 9.49. The lowest BCUT2D eigenvalue weighted by Gasteiger charge is -2.17. The smallest absolute Gasteiger partial charge is 0.269 e. The molecule has 0 saturated heterocycles. The lowest BCUT2D eigenvalue weighted by molar-refractivity contribution is -0.384. The summed E-state index contributed by atoms with van der Waals surface area (Å²) in [6.45, 7) is 4.06. The third-order valence-corrected chi connectivity index (χ3v) is 4.22. The number of hydrogen-bond donors (Lipinski definition) is 1. The zero-order valence-electron chi connectivity index (χ0n) is 11.3. The van der Waals surface area contributed by atoms with Crippen LogP contribution in [-0.2, 0) is 0 Å². The molecule has 5 heteroatoms. The predicted octanol–water partition coefficient (Wildman–Crippen LogP) is 4.84. The fraction of sp³-hybridized carbons (Fsp3) is 0.200. The van der Waals surface area contributed by atoms with Crippen LogP contribution in [0.5, 0.6) is 0 Å². The number of halogens is 1. The van der Waals surface area contributed by atoms with Gasteiger partial charge < -0.3 is 5.32 Å². The van der Waals surface area contributed by atoms with Crippen molar-refractivity contribution < 1.29 is 4.92 Å². The molecule has 1 unspecified atom stereocenters. The monoisotopic (exact) mass is 334 g/mol. The molecule has 0 aliphatic heterocycles. The summed E-state index contributed by atoms with van der Waals surface area (Å²) in [6, 6.07) is 12.7. The van der Waals surface area contributed by atoms with Crippen molar-refractivity contribution in [1.82, 2.24) is 0 Å². The molecule has 0 aliphatic rings. The third-order valence-electron chi connectivity index (χ3n) is 3.17. The number of nitrogens with one attached hydrogen (secondary N) is 1. The highest BCUT2D eigenvalue weighted by molar-refractivity contribution is 9.10. The zero-order valence-corrected chi connectivity index (χ0v) is 12.8. The summed E-state index contributed by atoms with van der Waals surface area (Å²) in [7, 11) is 0. The van der Waals surface area contributed by atoms with E-state index in [1.807, 2.05) is 32.0 Å². The van der Waals surface area contributed by atoms with E-state index < -0.39 is 0 Å². The highest BCUT2D eigenvalue weighted by Crippen LogP contribution is 2.29. The summed E-state index contributed by atoms with van der Waals surface area (Å²) in [5.74, 6) is 0. The van der Waals surface area contributed by atoms with Crippen molar-refractivity contribution in [3.8, 4) is 0 Å². The third kappa shape index (κ3) is 3.17. The standard InChI is InChI=1S/C15H15BrN2O2/c1-10-4-3-5-14(15(10)16)17-11(2)12-6-8-13(9-7-12)18(19)20/h3-9,11,17H,1-2H3. The number of anilines is 1. The molecule has 0 spiro atoms. The largest absolute Gasteiger partial charge is 0.378 e. The van der Waals surface area contributed by atoms with Gasteiger partial charge in [0, 0.05) is 28.3 Å². The van der Waals surface area contributed by atoms with E-state index in [0.717, 1.165) is 21.3 Å². The van der Waals surface area contributed by atoms with Gasteiger partial charge >= 0.3 is 0 Å². The Kier molecular flexibility index (Phi) is 4.39. The van der Waals surface area contributed by atoms with Crippen LogP contribution in [0.1, 0.15) is 24.1 Å². The summed E-state index contributed by atoms with van der Waals surface area (Å²) >= 11 is 3.56. The normalized spacial score (nSPS) is 11.9. The van der Waals surface area contributed by atoms with Gasteiger partial charge in [-0.15, -0.1) is 0 Å². The molecule has 2 aromatic rings. The highest BCUT2D eigenvalue weighted by Gasteiger charge is 2.10. The van der Waals surface area contributed by atoms with E-state index >= 15 is 0 Å². The SMILES string of the molecule is Cc1cccc(NC(C)c2ccc([N+](=O)[O-])cc2)c1Br. The van der Waals surface area contributed by atoms with Gasteiger partial charge in [0.1, 0.15) is 0 Å². The lowest BCUT2D eigenvalue weighted by Crippen LogP contribution is -2.07. The van der Waals surface area contributed by atoms with E-state index in [9.17, 15) is 10.1 Å². The maximum atomic E-state index is 10.6. The van der Waals surface area contributed by atoms with Gasteiger partial charge in [0.05, 0.1) is 4.92 Å². The van der Waals surface area contributed by atoms with Gasteiger partial charge in [-0.25, -0.2) is 0 Å². The molecule has 1 atom stereocenters. The number of rotatable bonds is 4. The number of aryl methyl sites for hydroxylation is 1. The molecule has 0 amide bonds. The highest BCUT2D eigenvalue weighted by atomic mass is 79.9. The van der Waals surface area contributed by atoms with E-state index in [1.165, 1.54) is 12.1 Å². The molecule has 0 aliphatic carbocycles. The topological polar surface area (TPSA) is 55.2 Å². The Morgan fingerprint density at radius 1 is 1.20 bits per heavy atom. The summed E-state index contributed by atoms with van der Waals surface area (Å²) in [5.41, 5.74) is 3.28. The summed E-state index contributed by atoms with van der Waals surface area (Å²) in [5, 5.41) is 14.0. The van der Waals surface area contributed by atoms with Gasteiger partial charge in [-0.05, 0) is 47.0 Å². The number of benzene rings is 2. The Hall–Kier alpha value is -1.88. The quantitative estimate of drug-likeness (QED) is 0.642. The molecule has 20 heavy (non-hydrogen) atoms. The number of nitro benzene ring substituents is 1. The van der Waals surface area contributed by atoms with Crippen LogP contribution in [0.2, 0.25) is 0 Å². The van der Waals surface area contributed by atoms with Crippen LogP contribution in [0.3, 0.4) is 0 Å². The van der Waals surface area contributed by atoms with E-state index in [4.69, 9.17) is 0 Å². The first-order valence-electron chi connectivity index (χ1n) is 6.25. The average Bonchev–Trinajstić information content (AvgIpc) is 2.44. The van der Waals surface area contributed by atoms with Crippen LogP contribution in [-0.4, -0.2) is 4.92 Å². The summed E-state index contributed by atoms with van der Waals surface area (Å²) < 4.78 is 1.04. The van der Waals surface area contributed by atoms with E-state index in [-0.39, 0.29) is 16.7 Å². The Bertz CT molecular complexity index is 626. The van der Waals surface area contributed by atoms with Crippen molar-refractivity contribution in [2.45, 2.75) is 19.9 Å². The molecule has 0 heterocycles. The molecule has 0 aromatic heterocycles. The van der Waals surface area contributed by atoms with Crippen molar-refractivity contribution in [3.05, 3.63) is 68.2 Å². The number of nitro groups is 1. The van der Waals surface area contributed by atoms with Gasteiger partial charge in [0.25, 0.3) is 5.69 Å². The van der Waals surface area contributed by atoms with Crippen molar-refractivity contribution in [1.29, 1.82) is 0 Å². The number of hydrogen-bond acceptors (Lipinski definition) is 3. The second-order valence-corrected chi connectivity index (χ2v) is 5.44. The molecule has 2 aromatic carbocycles. The van der Waals surface area contributed by atoms with Crippen LogP contribution < -0.4 is 5.32 Å². The van der Waals surface area contributed by atoms with Crippen molar-refractivity contribution in [3.63, 3.8) is 0 Å². The van der Waals surface area contributed by atoms with Crippen molar-refractivity contribution in [2.24, 2.45) is 0 Å². The first-order valence-corrected chi connectivity index (χ1v) is 7.04. The van der Waals surface area contributed by atoms with Gasteiger partial charge in [0.2, 0.25) is 0 Å². The minimum Gasteiger partial charge on any atom is -0.378 e. The second kappa shape index (κ2) is 6.05. The Labute approximate surface area is 126 Å². The number of non-ortho nitro benzene ring substituents is 1. The maximum Gasteiger partial charge on any atom is 0.269 e. The van der Waals surface area contributed by atoms with E-state index in [2.05, 4.69) is 21.2 Å². The van der Waals surface area contributed by atoms with Crippen LogP contribution in [0.25, 0.3) is 0 Å². The molecule has 2 rings (SSSR count). The van der Waals surface area contributed by atoms with Crippen LogP contribution >= 0.6 is 15.9 Å². The zero-order chi connectivity index (χ0) is 14.7. The van der Waals surface area contributed by atoms with Crippen LogP contribution in [0.4, 0.5) is 11.4 Å². The minimum atomic E-state index is -0.390. The van der Waals surface area contributed by atoms with E-state index in [1.54, 1.807) is 12.1 Å². The molecule has 0 fully saturated rings. The van der Waals surface area contributed by atoms with Gasteiger partial charge in [-0.3, -0.25) is 10.1 Å². The molecule has 1 N–H and O–H groups in total. The fourth-order valence-electron chi connectivity index (χ4n) is 1.96. The molecule has 0 bridgehead atoms. The lowest BCUT2D eigenvalue weighted by atomic mass is 10.1. The van der Waals surface area contributed by atoms with Gasteiger partial charge in [0.15, 0.2) is 0 Å². The summed E-state index contributed by atoms with van der Waals surface area (Å²) in [6.07, 6.45) is 0. The van der Waals surface area contributed by atoms with Crippen molar-refractivity contribution >= 4 is 27.3 Å². The second-order valence-electron chi connectivity index (χ2n) is 4.65.